The zero-order chi connectivity index (χ0) is 20.2. The third kappa shape index (κ3) is 4.99. The highest BCUT2D eigenvalue weighted by molar-refractivity contribution is 9.10. The van der Waals surface area contributed by atoms with Gasteiger partial charge in [-0.05, 0) is 24.6 Å². The number of hydrogen-bond donors (Lipinski definition) is 1. The number of rotatable bonds is 6. The first kappa shape index (κ1) is 20.8. The van der Waals surface area contributed by atoms with E-state index >= 15 is 0 Å². The summed E-state index contributed by atoms with van der Waals surface area (Å²) in [5, 5.41) is 3.14. The quantitative estimate of drug-likeness (QED) is 0.691. The van der Waals surface area contributed by atoms with Crippen molar-refractivity contribution in [3.63, 3.8) is 0 Å². The first-order valence-electron chi connectivity index (χ1n) is 10.3. The van der Waals surface area contributed by atoms with Crippen molar-refractivity contribution in [2.24, 2.45) is 11.8 Å². The molecule has 8 heteroatoms. The zero-order valence-corrected chi connectivity index (χ0v) is 18.1. The maximum absolute atomic E-state index is 12.9. The molecule has 3 fully saturated rings. The Labute approximate surface area is 179 Å². The molecule has 2 amide bonds. The summed E-state index contributed by atoms with van der Waals surface area (Å²) < 4.78 is 12.0. The first-order valence-corrected chi connectivity index (χ1v) is 11.1. The lowest BCUT2D eigenvalue weighted by atomic mass is 9.96. The summed E-state index contributed by atoms with van der Waals surface area (Å²) >= 11 is 3.44. The van der Waals surface area contributed by atoms with Crippen molar-refractivity contribution in [3.8, 4) is 0 Å². The van der Waals surface area contributed by atoms with Crippen LogP contribution in [0.5, 0.6) is 0 Å². The minimum atomic E-state index is -0.313. The molecule has 0 aromatic heterocycles. The van der Waals surface area contributed by atoms with Crippen LogP contribution in [0.4, 0.5) is 5.69 Å². The van der Waals surface area contributed by atoms with Gasteiger partial charge < -0.3 is 19.7 Å². The topological polar surface area (TPSA) is 71.1 Å². The number of anilines is 1. The summed E-state index contributed by atoms with van der Waals surface area (Å²) in [6.07, 6.45) is 1.28. The molecule has 3 unspecified atom stereocenters. The van der Waals surface area contributed by atoms with E-state index < -0.39 is 0 Å². The number of nitrogens with one attached hydrogen (secondary N) is 1. The van der Waals surface area contributed by atoms with E-state index in [1.165, 1.54) is 0 Å². The number of morpholine rings is 1. The predicted octanol–water partition coefficient (Wildman–Crippen LogP) is 1.66. The van der Waals surface area contributed by atoms with Crippen molar-refractivity contribution < 1.29 is 19.1 Å². The van der Waals surface area contributed by atoms with Gasteiger partial charge in [-0.1, -0.05) is 22.0 Å². The standard InChI is InChI=1S/C21H28BrN3O4/c22-17-2-1-3-18(11-17)25-13-16(10-20(25)26)21(27)23-12-19(15-4-7-29-14-15)24-5-8-28-9-6-24/h1-3,11,15-16,19H,4-10,12-14H2,(H,23,27). The van der Waals surface area contributed by atoms with Crippen molar-refractivity contribution in [1.82, 2.24) is 10.2 Å². The number of hydrogen-bond acceptors (Lipinski definition) is 5. The van der Waals surface area contributed by atoms with Gasteiger partial charge in [0.25, 0.3) is 0 Å². The van der Waals surface area contributed by atoms with Crippen LogP contribution >= 0.6 is 15.9 Å². The van der Waals surface area contributed by atoms with E-state index in [1.54, 1.807) is 4.90 Å². The fourth-order valence-electron chi connectivity index (χ4n) is 4.49. The van der Waals surface area contributed by atoms with Gasteiger partial charge in [-0.3, -0.25) is 14.5 Å². The van der Waals surface area contributed by atoms with Gasteiger partial charge in [0.05, 0.1) is 25.7 Å². The van der Waals surface area contributed by atoms with Crippen LogP contribution in [0.2, 0.25) is 0 Å². The third-order valence-electron chi connectivity index (χ3n) is 6.12. The number of amides is 2. The largest absolute Gasteiger partial charge is 0.381 e. The molecule has 3 saturated heterocycles. The molecular formula is C21H28BrN3O4. The lowest BCUT2D eigenvalue weighted by molar-refractivity contribution is -0.126. The van der Waals surface area contributed by atoms with Crippen molar-refractivity contribution >= 4 is 33.4 Å². The van der Waals surface area contributed by atoms with Crippen LogP contribution in [-0.2, 0) is 19.1 Å². The molecule has 3 aliphatic rings. The molecule has 3 aliphatic heterocycles. The van der Waals surface area contributed by atoms with E-state index in [4.69, 9.17) is 9.47 Å². The number of carbonyl (C=O) groups is 2. The summed E-state index contributed by atoms with van der Waals surface area (Å²) in [5.74, 6) is 0.0774. The summed E-state index contributed by atoms with van der Waals surface area (Å²) in [4.78, 5) is 29.5. The maximum Gasteiger partial charge on any atom is 0.227 e. The molecule has 1 aromatic carbocycles. The second kappa shape index (κ2) is 9.55. The Morgan fingerprint density at radius 3 is 2.79 bits per heavy atom. The molecule has 7 nitrogen and oxygen atoms in total. The number of ether oxygens (including phenoxy) is 2. The molecule has 0 saturated carbocycles. The van der Waals surface area contributed by atoms with Crippen LogP contribution in [0.25, 0.3) is 0 Å². The SMILES string of the molecule is O=C(NCC(C1CCOC1)N1CCOCC1)C1CC(=O)N(c2cccc(Br)c2)C1. The Morgan fingerprint density at radius 1 is 1.24 bits per heavy atom. The molecule has 0 aliphatic carbocycles. The second-order valence-electron chi connectivity index (χ2n) is 7.97. The van der Waals surface area contributed by atoms with Crippen LogP contribution < -0.4 is 10.2 Å². The highest BCUT2D eigenvalue weighted by Gasteiger charge is 2.37. The predicted molar refractivity (Wildman–Crippen MR) is 113 cm³/mol. The van der Waals surface area contributed by atoms with Crippen molar-refractivity contribution in [1.29, 1.82) is 0 Å². The van der Waals surface area contributed by atoms with E-state index in [9.17, 15) is 9.59 Å². The molecule has 0 spiro atoms. The average molecular weight is 466 g/mol. The Balaban J connectivity index is 1.36. The minimum Gasteiger partial charge on any atom is -0.381 e. The Hall–Kier alpha value is -1.48. The molecular weight excluding hydrogens is 438 g/mol. The third-order valence-corrected chi connectivity index (χ3v) is 6.62. The van der Waals surface area contributed by atoms with Crippen LogP contribution in [-0.4, -0.2) is 75.4 Å². The number of benzene rings is 1. The maximum atomic E-state index is 12.9. The molecule has 1 aromatic rings. The average Bonchev–Trinajstić information content (AvgIpc) is 3.39. The monoisotopic (exact) mass is 465 g/mol. The van der Waals surface area contributed by atoms with E-state index in [0.29, 0.717) is 19.0 Å². The normalized spacial score (nSPS) is 26.7. The number of nitrogens with zero attached hydrogens (tertiary/aromatic N) is 2. The molecule has 1 N–H and O–H groups in total. The van der Waals surface area contributed by atoms with Crippen LogP contribution in [0.3, 0.4) is 0 Å². The zero-order valence-electron chi connectivity index (χ0n) is 16.5. The summed E-state index contributed by atoms with van der Waals surface area (Å²) in [6.45, 7) is 5.79. The van der Waals surface area contributed by atoms with E-state index in [0.717, 1.165) is 56.1 Å². The Bertz CT molecular complexity index is 734. The fraction of sp³-hybridized carbons (Fsp3) is 0.619. The van der Waals surface area contributed by atoms with Gasteiger partial charge in [0.15, 0.2) is 0 Å². The Kier molecular flexibility index (Phi) is 6.85. The molecule has 0 radical (unpaired) electrons. The minimum absolute atomic E-state index is 0.00262. The lowest BCUT2D eigenvalue weighted by Gasteiger charge is -2.37. The van der Waals surface area contributed by atoms with Gasteiger partial charge in [0.2, 0.25) is 11.8 Å². The first-order chi connectivity index (χ1) is 14.1. The second-order valence-corrected chi connectivity index (χ2v) is 8.89. The van der Waals surface area contributed by atoms with E-state index in [1.807, 2.05) is 24.3 Å². The van der Waals surface area contributed by atoms with Crippen molar-refractivity contribution in [3.05, 3.63) is 28.7 Å². The van der Waals surface area contributed by atoms with Crippen molar-refractivity contribution in [2.45, 2.75) is 18.9 Å². The molecule has 29 heavy (non-hydrogen) atoms. The van der Waals surface area contributed by atoms with Gasteiger partial charge in [-0.2, -0.15) is 0 Å². The van der Waals surface area contributed by atoms with E-state index in [-0.39, 0.29) is 30.2 Å². The highest BCUT2D eigenvalue weighted by atomic mass is 79.9. The van der Waals surface area contributed by atoms with Gasteiger partial charge in [0, 0.05) is 61.3 Å². The molecule has 0 bridgehead atoms. The molecule has 4 rings (SSSR count). The summed E-state index contributed by atoms with van der Waals surface area (Å²) in [7, 11) is 0. The smallest absolute Gasteiger partial charge is 0.227 e. The van der Waals surface area contributed by atoms with Crippen LogP contribution in [0.15, 0.2) is 28.7 Å². The number of carbonyl (C=O) groups excluding carboxylic acids is 2. The van der Waals surface area contributed by atoms with Gasteiger partial charge >= 0.3 is 0 Å². The highest BCUT2D eigenvalue weighted by Crippen LogP contribution is 2.28. The van der Waals surface area contributed by atoms with Crippen molar-refractivity contribution in [2.75, 3.05) is 57.5 Å². The van der Waals surface area contributed by atoms with Gasteiger partial charge in [0.1, 0.15) is 0 Å². The van der Waals surface area contributed by atoms with E-state index in [2.05, 4.69) is 26.1 Å². The Morgan fingerprint density at radius 2 is 2.07 bits per heavy atom. The van der Waals surface area contributed by atoms with Gasteiger partial charge in [-0.15, -0.1) is 0 Å². The molecule has 3 atom stereocenters. The number of halogens is 1. The molecule has 3 heterocycles. The summed E-state index contributed by atoms with van der Waals surface area (Å²) in [6, 6.07) is 7.89. The lowest BCUT2D eigenvalue weighted by Crippen LogP contribution is -2.53. The fourth-order valence-corrected chi connectivity index (χ4v) is 4.87. The van der Waals surface area contributed by atoms with Gasteiger partial charge in [-0.25, -0.2) is 0 Å². The van der Waals surface area contributed by atoms with Crippen LogP contribution in [0, 0.1) is 11.8 Å². The van der Waals surface area contributed by atoms with Crippen LogP contribution in [0.1, 0.15) is 12.8 Å². The summed E-state index contributed by atoms with van der Waals surface area (Å²) in [5.41, 5.74) is 0.828. The molecule has 158 valence electrons.